The number of hydrogen-bond acceptors (Lipinski definition) is 2. The maximum absolute atomic E-state index is 11.5. The SMILES string of the molecule is CC(OCN)C(F)(F)F. The Balaban J connectivity index is 3.59. The fourth-order valence-corrected chi connectivity index (χ4v) is 0.239. The summed E-state index contributed by atoms with van der Waals surface area (Å²) in [5, 5.41) is 0. The first-order valence-electron chi connectivity index (χ1n) is 2.37. The Labute approximate surface area is 50.8 Å². The molecule has 0 aliphatic heterocycles. The van der Waals surface area contributed by atoms with Gasteiger partial charge in [0.05, 0.1) is 6.73 Å². The fraction of sp³-hybridized carbons (Fsp3) is 1.00. The van der Waals surface area contributed by atoms with E-state index in [1.807, 2.05) is 0 Å². The topological polar surface area (TPSA) is 35.2 Å². The zero-order chi connectivity index (χ0) is 7.49. The molecule has 2 N–H and O–H groups in total. The van der Waals surface area contributed by atoms with Crippen molar-refractivity contribution >= 4 is 0 Å². The van der Waals surface area contributed by atoms with Crippen molar-refractivity contribution in [3.63, 3.8) is 0 Å². The molecule has 0 rings (SSSR count). The van der Waals surface area contributed by atoms with E-state index in [2.05, 4.69) is 4.74 Å². The lowest BCUT2D eigenvalue weighted by Gasteiger charge is -2.14. The second-order valence-electron chi connectivity index (χ2n) is 1.52. The molecule has 0 aromatic carbocycles. The number of ether oxygens (including phenoxy) is 1. The highest BCUT2D eigenvalue weighted by Gasteiger charge is 2.36. The van der Waals surface area contributed by atoms with Crippen LogP contribution in [0.1, 0.15) is 6.92 Å². The van der Waals surface area contributed by atoms with Gasteiger partial charge in [-0.05, 0) is 6.92 Å². The molecule has 1 atom stereocenters. The van der Waals surface area contributed by atoms with E-state index < -0.39 is 19.0 Å². The monoisotopic (exact) mass is 143 g/mol. The van der Waals surface area contributed by atoms with E-state index in [-0.39, 0.29) is 0 Å². The Bertz CT molecular complexity index is 82.4. The highest BCUT2D eigenvalue weighted by Crippen LogP contribution is 2.21. The summed E-state index contributed by atoms with van der Waals surface area (Å²) < 4.78 is 38.4. The maximum atomic E-state index is 11.5. The lowest BCUT2D eigenvalue weighted by molar-refractivity contribution is -0.213. The van der Waals surface area contributed by atoms with Crippen LogP contribution in [0.25, 0.3) is 0 Å². The molecule has 0 aliphatic rings. The molecule has 0 aromatic rings. The molecule has 0 saturated carbocycles. The zero-order valence-corrected chi connectivity index (χ0v) is 4.90. The zero-order valence-electron chi connectivity index (χ0n) is 4.90. The molecule has 0 fully saturated rings. The normalized spacial score (nSPS) is 15.7. The Morgan fingerprint density at radius 2 is 2.00 bits per heavy atom. The van der Waals surface area contributed by atoms with E-state index in [0.717, 1.165) is 6.92 Å². The minimum atomic E-state index is -4.29. The first kappa shape index (κ1) is 8.71. The van der Waals surface area contributed by atoms with Crippen molar-refractivity contribution in [2.75, 3.05) is 6.73 Å². The van der Waals surface area contributed by atoms with Gasteiger partial charge in [-0.1, -0.05) is 0 Å². The van der Waals surface area contributed by atoms with Gasteiger partial charge < -0.3 is 10.5 Å². The molecule has 0 aliphatic carbocycles. The van der Waals surface area contributed by atoms with Crippen LogP contribution in [0.4, 0.5) is 13.2 Å². The van der Waals surface area contributed by atoms with Crippen LogP contribution in [-0.4, -0.2) is 19.0 Å². The van der Waals surface area contributed by atoms with Gasteiger partial charge in [-0.25, -0.2) is 0 Å². The van der Waals surface area contributed by atoms with Crippen molar-refractivity contribution in [2.24, 2.45) is 5.73 Å². The third kappa shape index (κ3) is 3.31. The summed E-state index contributed by atoms with van der Waals surface area (Å²) in [6.45, 7) is 0.507. The Morgan fingerprint density at radius 3 is 2.11 bits per heavy atom. The fourth-order valence-electron chi connectivity index (χ4n) is 0.239. The number of rotatable bonds is 2. The van der Waals surface area contributed by atoms with Crippen molar-refractivity contribution in [3.8, 4) is 0 Å². The maximum Gasteiger partial charge on any atom is 0.414 e. The van der Waals surface area contributed by atoms with Crippen LogP contribution in [0.3, 0.4) is 0 Å². The standard InChI is InChI=1S/C4H8F3NO/c1-3(9-2-8)4(5,6)7/h3H,2,8H2,1H3. The lowest BCUT2D eigenvalue weighted by Crippen LogP contribution is -2.30. The summed E-state index contributed by atoms with van der Waals surface area (Å²) in [6.07, 6.45) is -6.05. The number of hydrogen-bond donors (Lipinski definition) is 1. The molecule has 1 unspecified atom stereocenters. The van der Waals surface area contributed by atoms with Gasteiger partial charge in [0.1, 0.15) is 0 Å². The van der Waals surface area contributed by atoms with Crippen LogP contribution in [0.5, 0.6) is 0 Å². The van der Waals surface area contributed by atoms with Crippen molar-refractivity contribution < 1.29 is 17.9 Å². The van der Waals surface area contributed by atoms with Gasteiger partial charge in [0, 0.05) is 0 Å². The minimum absolute atomic E-state index is 0.402. The first-order valence-corrected chi connectivity index (χ1v) is 2.37. The van der Waals surface area contributed by atoms with E-state index in [1.165, 1.54) is 0 Å². The summed E-state index contributed by atoms with van der Waals surface area (Å²) in [5.74, 6) is 0. The molecule has 0 heterocycles. The van der Waals surface area contributed by atoms with Crippen LogP contribution < -0.4 is 5.73 Å². The molecule has 0 amide bonds. The highest BCUT2D eigenvalue weighted by molar-refractivity contribution is 4.59. The predicted octanol–water partition coefficient (Wildman–Crippen LogP) is 0.870. The second-order valence-corrected chi connectivity index (χ2v) is 1.52. The smallest absolute Gasteiger partial charge is 0.354 e. The van der Waals surface area contributed by atoms with Gasteiger partial charge in [-0.3, -0.25) is 0 Å². The third-order valence-electron chi connectivity index (χ3n) is 0.807. The molecule has 56 valence electrons. The van der Waals surface area contributed by atoms with Gasteiger partial charge >= 0.3 is 6.18 Å². The number of halogens is 3. The molecule has 0 spiro atoms. The Kier molecular flexibility index (Phi) is 2.93. The van der Waals surface area contributed by atoms with Crippen molar-refractivity contribution in [3.05, 3.63) is 0 Å². The molecular weight excluding hydrogens is 135 g/mol. The third-order valence-corrected chi connectivity index (χ3v) is 0.807. The Hall–Kier alpha value is -0.290. The molecule has 0 aromatic heterocycles. The average molecular weight is 143 g/mol. The van der Waals surface area contributed by atoms with E-state index in [4.69, 9.17) is 5.73 Å². The Morgan fingerprint density at radius 1 is 1.56 bits per heavy atom. The van der Waals surface area contributed by atoms with Gasteiger partial charge in [0.2, 0.25) is 0 Å². The van der Waals surface area contributed by atoms with Gasteiger partial charge in [-0.15, -0.1) is 0 Å². The molecule has 0 bridgehead atoms. The molecule has 5 heteroatoms. The predicted molar refractivity (Wildman–Crippen MR) is 25.7 cm³/mol. The van der Waals surface area contributed by atoms with E-state index in [1.54, 1.807) is 0 Å². The summed E-state index contributed by atoms with van der Waals surface area (Å²) >= 11 is 0. The largest absolute Gasteiger partial charge is 0.414 e. The van der Waals surface area contributed by atoms with E-state index >= 15 is 0 Å². The van der Waals surface area contributed by atoms with Crippen LogP contribution in [0, 0.1) is 0 Å². The molecule has 2 nitrogen and oxygen atoms in total. The van der Waals surface area contributed by atoms with Crippen LogP contribution in [0.2, 0.25) is 0 Å². The van der Waals surface area contributed by atoms with Gasteiger partial charge in [0.15, 0.2) is 6.10 Å². The summed E-state index contributed by atoms with van der Waals surface area (Å²) in [4.78, 5) is 0. The molecule has 0 saturated heterocycles. The van der Waals surface area contributed by atoms with Crippen molar-refractivity contribution in [1.82, 2.24) is 0 Å². The minimum Gasteiger partial charge on any atom is -0.354 e. The van der Waals surface area contributed by atoms with Gasteiger partial charge in [0.25, 0.3) is 0 Å². The summed E-state index contributed by atoms with van der Waals surface area (Å²) in [6, 6.07) is 0. The number of alkyl halides is 3. The molecule has 0 radical (unpaired) electrons. The van der Waals surface area contributed by atoms with Crippen molar-refractivity contribution in [2.45, 2.75) is 19.2 Å². The van der Waals surface area contributed by atoms with E-state index in [9.17, 15) is 13.2 Å². The summed E-state index contributed by atoms with van der Waals surface area (Å²) in [5.41, 5.74) is 4.70. The lowest BCUT2D eigenvalue weighted by atomic mass is 10.4. The highest BCUT2D eigenvalue weighted by atomic mass is 19.4. The average Bonchev–Trinajstić information content (AvgIpc) is 1.64. The second kappa shape index (κ2) is 3.03. The quantitative estimate of drug-likeness (QED) is 0.582. The first-order chi connectivity index (χ1) is 3.98. The summed E-state index contributed by atoms with van der Waals surface area (Å²) in [7, 11) is 0. The molecule has 9 heavy (non-hydrogen) atoms. The molecular formula is C4H8F3NO. The van der Waals surface area contributed by atoms with Crippen LogP contribution >= 0.6 is 0 Å². The van der Waals surface area contributed by atoms with Crippen molar-refractivity contribution in [1.29, 1.82) is 0 Å². The van der Waals surface area contributed by atoms with E-state index in [0.29, 0.717) is 0 Å². The number of nitrogens with two attached hydrogens (primary N) is 1. The van der Waals surface area contributed by atoms with Crippen LogP contribution in [0.15, 0.2) is 0 Å². The van der Waals surface area contributed by atoms with Crippen LogP contribution in [-0.2, 0) is 4.74 Å². The van der Waals surface area contributed by atoms with Gasteiger partial charge in [-0.2, -0.15) is 13.2 Å².